The molecule has 2 fully saturated rings. The number of methoxy groups -OCH3 is 1. The molecule has 148 valence electrons. The summed E-state index contributed by atoms with van der Waals surface area (Å²) in [5, 5.41) is 11.0. The SMILES string of the molecule is COC1O[C@@H]2COC(c3ccccc3)O[C@H]2[C@H](OC(=S)c2ccccc2)[C@H]1O. The van der Waals surface area contributed by atoms with E-state index in [1.54, 1.807) is 0 Å². The Hall–Kier alpha value is -1.87. The molecule has 0 amide bonds. The summed E-state index contributed by atoms with van der Waals surface area (Å²) >= 11 is 5.44. The van der Waals surface area contributed by atoms with Crippen LogP contribution in [0.15, 0.2) is 60.7 Å². The van der Waals surface area contributed by atoms with Gasteiger partial charge in [0.15, 0.2) is 23.7 Å². The van der Waals surface area contributed by atoms with Gasteiger partial charge in [0.25, 0.3) is 0 Å². The maximum absolute atomic E-state index is 10.8. The predicted molar refractivity (Wildman–Crippen MR) is 105 cm³/mol. The molecule has 28 heavy (non-hydrogen) atoms. The first-order valence-corrected chi connectivity index (χ1v) is 9.52. The number of hydrogen-bond acceptors (Lipinski definition) is 7. The molecule has 2 unspecified atom stereocenters. The van der Waals surface area contributed by atoms with Crippen LogP contribution in [0.4, 0.5) is 0 Å². The Bertz CT molecular complexity index is 786. The van der Waals surface area contributed by atoms with Crippen molar-refractivity contribution in [3.8, 4) is 0 Å². The number of ether oxygens (including phenoxy) is 5. The van der Waals surface area contributed by atoms with Gasteiger partial charge in [0.05, 0.1) is 6.61 Å². The van der Waals surface area contributed by atoms with Crippen molar-refractivity contribution in [2.24, 2.45) is 0 Å². The Morgan fingerprint density at radius 1 is 1.04 bits per heavy atom. The van der Waals surface area contributed by atoms with Crippen molar-refractivity contribution in [1.29, 1.82) is 0 Å². The van der Waals surface area contributed by atoms with E-state index in [1.807, 2.05) is 60.7 Å². The van der Waals surface area contributed by atoms with Gasteiger partial charge < -0.3 is 28.8 Å². The van der Waals surface area contributed by atoms with E-state index in [4.69, 9.17) is 35.9 Å². The second-order valence-corrected chi connectivity index (χ2v) is 7.05. The Labute approximate surface area is 168 Å². The standard InChI is InChI=1S/C21H22O6S/c1-23-20-16(22)18(27-21(28)14-10-6-3-7-11-14)17-15(25-20)12-24-19(26-17)13-8-4-2-5-9-13/h2-11,15-20,22H,12H2,1H3/t15-,16-,17-,18-,19?,20?/m1/s1. The maximum atomic E-state index is 10.8. The van der Waals surface area contributed by atoms with Gasteiger partial charge >= 0.3 is 0 Å². The topological polar surface area (TPSA) is 66.4 Å². The molecule has 1 N–H and O–H groups in total. The minimum absolute atomic E-state index is 0.284. The molecule has 2 aliphatic heterocycles. The van der Waals surface area contributed by atoms with Crippen molar-refractivity contribution >= 4 is 17.3 Å². The fourth-order valence-electron chi connectivity index (χ4n) is 3.44. The lowest BCUT2D eigenvalue weighted by Crippen LogP contribution is -2.63. The number of aliphatic hydroxyl groups excluding tert-OH is 1. The van der Waals surface area contributed by atoms with Gasteiger partial charge in [-0.25, -0.2) is 0 Å². The molecule has 2 aromatic carbocycles. The third-order valence-electron chi connectivity index (χ3n) is 4.86. The molecule has 6 atom stereocenters. The van der Waals surface area contributed by atoms with E-state index in [9.17, 15) is 5.11 Å². The highest BCUT2D eigenvalue weighted by Crippen LogP contribution is 2.35. The van der Waals surface area contributed by atoms with Crippen LogP contribution < -0.4 is 0 Å². The van der Waals surface area contributed by atoms with Crippen LogP contribution in [0.3, 0.4) is 0 Å². The van der Waals surface area contributed by atoms with E-state index >= 15 is 0 Å². The molecule has 0 aliphatic carbocycles. The van der Waals surface area contributed by atoms with Gasteiger partial charge in [-0.05, 0) is 12.2 Å². The lowest BCUT2D eigenvalue weighted by Gasteiger charge is -2.47. The van der Waals surface area contributed by atoms with E-state index in [1.165, 1.54) is 7.11 Å². The van der Waals surface area contributed by atoms with Crippen LogP contribution in [0.1, 0.15) is 17.4 Å². The number of aliphatic hydroxyl groups is 1. The summed E-state index contributed by atoms with van der Waals surface area (Å²) < 4.78 is 29.1. The zero-order valence-corrected chi connectivity index (χ0v) is 16.2. The molecule has 2 aliphatic rings. The van der Waals surface area contributed by atoms with Gasteiger partial charge in [0, 0.05) is 18.2 Å². The molecule has 0 spiro atoms. The van der Waals surface area contributed by atoms with Crippen molar-refractivity contribution in [2.75, 3.05) is 13.7 Å². The van der Waals surface area contributed by atoms with Crippen LogP contribution in [0, 0.1) is 0 Å². The minimum atomic E-state index is -1.07. The monoisotopic (exact) mass is 402 g/mol. The number of fused-ring (bicyclic) bond motifs is 1. The predicted octanol–water partition coefficient (Wildman–Crippen LogP) is 2.59. The summed E-state index contributed by atoms with van der Waals surface area (Å²) in [5.41, 5.74) is 1.64. The molecule has 7 heteroatoms. The lowest BCUT2D eigenvalue weighted by atomic mass is 9.97. The van der Waals surface area contributed by atoms with Crippen LogP contribution in [0.5, 0.6) is 0 Å². The normalized spacial score (nSPS) is 32.4. The Morgan fingerprint density at radius 3 is 2.39 bits per heavy atom. The van der Waals surface area contributed by atoms with E-state index in [-0.39, 0.29) is 11.7 Å². The van der Waals surface area contributed by atoms with Crippen molar-refractivity contribution < 1.29 is 28.8 Å². The van der Waals surface area contributed by atoms with Crippen molar-refractivity contribution in [2.45, 2.75) is 37.0 Å². The maximum Gasteiger partial charge on any atom is 0.191 e. The number of thiocarbonyl (C=S) groups is 1. The van der Waals surface area contributed by atoms with Crippen LogP contribution in [-0.4, -0.2) is 54.6 Å². The highest BCUT2D eigenvalue weighted by atomic mass is 32.1. The Morgan fingerprint density at radius 2 is 1.71 bits per heavy atom. The fraction of sp³-hybridized carbons (Fsp3) is 0.381. The first-order chi connectivity index (χ1) is 13.7. The first kappa shape index (κ1) is 19.4. The second kappa shape index (κ2) is 8.65. The van der Waals surface area contributed by atoms with E-state index in [0.29, 0.717) is 0 Å². The van der Waals surface area contributed by atoms with Gasteiger partial charge in [-0.2, -0.15) is 0 Å². The van der Waals surface area contributed by atoms with Crippen LogP contribution in [0.2, 0.25) is 0 Å². The molecule has 0 radical (unpaired) electrons. The highest BCUT2D eigenvalue weighted by Gasteiger charge is 2.51. The molecule has 2 saturated heterocycles. The van der Waals surface area contributed by atoms with Gasteiger partial charge in [0.1, 0.15) is 18.3 Å². The molecule has 4 rings (SSSR count). The number of rotatable bonds is 4. The molecule has 2 aromatic rings. The van der Waals surface area contributed by atoms with Crippen molar-refractivity contribution in [1.82, 2.24) is 0 Å². The third-order valence-corrected chi connectivity index (χ3v) is 5.20. The summed E-state index contributed by atoms with van der Waals surface area (Å²) in [7, 11) is 1.47. The Balaban J connectivity index is 1.56. The molecule has 0 saturated carbocycles. The highest BCUT2D eigenvalue weighted by molar-refractivity contribution is 7.80. The van der Waals surface area contributed by atoms with Crippen LogP contribution in [0.25, 0.3) is 0 Å². The molecule has 2 heterocycles. The third kappa shape index (κ3) is 3.96. The van der Waals surface area contributed by atoms with Crippen LogP contribution in [-0.2, 0) is 23.7 Å². The number of benzene rings is 2. The number of hydrogen-bond donors (Lipinski definition) is 1. The lowest BCUT2D eigenvalue weighted by molar-refractivity contribution is -0.356. The smallest absolute Gasteiger partial charge is 0.191 e. The zero-order chi connectivity index (χ0) is 19.5. The van der Waals surface area contributed by atoms with E-state index in [2.05, 4.69) is 0 Å². The van der Waals surface area contributed by atoms with E-state index in [0.717, 1.165) is 11.1 Å². The van der Waals surface area contributed by atoms with Crippen LogP contribution >= 0.6 is 12.2 Å². The summed E-state index contributed by atoms with van der Waals surface area (Å²) in [4.78, 5) is 0. The molecule has 6 nitrogen and oxygen atoms in total. The average Bonchev–Trinajstić information content (AvgIpc) is 2.76. The molecule has 0 bridgehead atoms. The molecule has 0 aromatic heterocycles. The average molecular weight is 402 g/mol. The second-order valence-electron chi connectivity index (χ2n) is 6.68. The quantitative estimate of drug-likeness (QED) is 0.789. The van der Waals surface area contributed by atoms with Gasteiger partial charge in [0.2, 0.25) is 0 Å². The molecular formula is C21H22O6S. The van der Waals surface area contributed by atoms with Gasteiger partial charge in [-0.15, -0.1) is 0 Å². The van der Waals surface area contributed by atoms with Crippen molar-refractivity contribution in [3.63, 3.8) is 0 Å². The Kier molecular flexibility index (Phi) is 6.01. The largest absolute Gasteiger partial charge is 0.474 e. The first-order valence-electron chi connectivity index (χ1n) is 9.11. The fourth-order valence-corrected chi connectivity index (χ4v) is 3.68. The van der Waals surface area contributed by atoms with Crippen molar-refractivity contribution in [3.05, 3.63) is 71.8 Å². The molecular weight excluding hydrogens is 380 g/mol. The summed E-state index contributed by atoms with van der Waals surface area (Å²) in [6.45, 7) is 0.286. The summed E-state index contributed by atoms with van der Waals surface area (Å²) in [6, 6.07) is 19.0. The summed E-state index contributed by atoms with van der Waals surface area (Å²) in [5.74, 6) is 0. The zero-order valence-electron chi connectivity index (χ0n) is 15.3. The minimum Gasteiger partial charge on any atom is -0.474 e. The van der Waals surface area contributed by atoms with Gasteiger partial charge in [-0.3, -0.25) is 0 Å². The van der Waals surface area contributed by atoms with E-state index < -0.39 is 37.0 Å². The van der Waals surface area contributed by atoms with Gasteiger partial charge in [-0.1, -0.05) is 60.7 Å². The summed E-state index contributed by atoms with van der Waals surface area (Å²) in [6.07, 6.45) is -4.27.